The van der Waals surface area contributed by atoms with E-state index in [-0.39, 0.29) is 6.54 Å². The van der Waals surface area contributed by atoms with E-state index in [1.165, 1.54) is 16.9 Å². The molecule has 1 aliphatic rings. The number of aromatic nitrogens is 1. The number of carbonyl (C=O) groups is 3. The highest BCUT2D eigenvalue weighted by molar-refractivity contribution is 7.22. The van der Waals surface area contributed by atoms with Crippen molar-refractivity contribution < 1.29 is 14.4 Å². The summed E-state index contributed by atoms with van der Waals surface area (Å²) in [6, 6.07) is 12.8. The maximum atomic E-state index is 13.0. The van der Waals surface area contributed by atoms with Crippen LogP contribution in [0, 0.1) is 6.92 Å². The topological polar surface area (TPSA) is 91.4 Å². The van der Waals surface area contributed by atoms with Crippen molar-refractivity contribution >= 4 is 44.5 Å². The number of rotatable bonds is 5. The highest BCUT2D eigenvalue weighted by atomic mass is 32.1. The molecule has 4 rings (SSSR count). The molecule has 0 spiro atoms. The Morgan fingerprint density at radius 3 is 2.63 bits per heavy atom. The SMILES string of the molecule is CCc1ccc2nc(NC(=O)CN3C(=O)NC(C)(c4ccc(C)cc4)C3=O)sc2c1. The van der Waals surface area contributed by atoms with Crippen LogP contribution in [0.15, 0.2) is 42.5 Å². The van der Waals surface area contributed by atoms with Crippen molar-refractivity contribution in [3.05, 3.63) is 59.2 Å². The number of carbonyl (C=O) groups excluding carboxylic acids is 3. The first-order valence-corrected chi connectivity index (χ1v) is 10.5. The molecule has 0 saturated carbocycles. The molecular formula is C22H22N4O3S. The van der Waals surface area contributed by atoms with Crippen LogP contribution >= 0.6 is 11.3 Å². The highest BCUT2D eigenvalue weighted by Crippen LogP contribution is 2.30. The van der Waals surface area contributed by atoms with Gasteiger partial charge in [-0.05, 0) is 43.5 Å². The molecule has 3 aromatic rings. The normalized spacial score (nSPS) is 18.7. The molecule has 8 heteroatoms. The van der Waals surface area contributed by atoms with E-state index in [1.807, 2.05) is 49.4 Å². The summed E-state index contributed by atoms with van der Waals surface area (Å²) in [7, 11) is 0. The Morgan fingerprint density at radius 2 is 1.93 bits per heavy atom. The third-order valence-electron chi connectivity index (χ3n) is 5.31. The molecule has 1 aromatic heterocycles. The van der Waals surface area contributed by atoms with Gasteiger partial charge in [-0.25, -0.2) is 9.78 Å². The van der Waals surface area contributed by atoms with E-state index >= 15 is 0 Å². The van der Waals surface area contributed by atoms with Crippen molar-refractivity contribution in [1.82, 2.24) is 15.2 Å². The number of nitrogens with zero attached hydrogens (tertiary/aromatic N) is 2. The second-order valence-corrected chi connectivity index (χ2v) is 8.57. The van der Waals surface area contributed by atoms with Gasteiger partial charge in [0.25, 0.3) is 5.91 Å². The van der Waals surface area contributed by atoms with E-state index in [9.17, 15) is 14.4 Å². The first-order valence-electron chi connectivity index (χ1n) is 9.70. The average Bonchev–Trinajstić information content (AvgIpc) is 3.21. The van der Waals surface area contributed by atoms with Gasteiger partial charge in [-0.2, -0.15) is 0 Å². The van der Waals surface area contributed by atoms with Gasteiger partial charge in [0.1, 0.15) is 12.1 Å². The van der Waals surface area contributed by atoms with Crippen LogP contribution in [-0.4, -0.2) is 34.3 Å². The Morgan fingerprint density at radius 1 is 1.20 bits per heavy atom. The van der Waals surface area contributed by atoms with Crippen LogP contribution in [0.5, 0.6) is 0 Å². The Hall–Kier alpha value is -3.26. The van der Waals surface area contributed by atoms with Gasteiger partial charge in [0.15, 0.2) is 5.13 Å². The summed E-state index contributed by atoms with van der Waals surface area (Å²) in [5.41, 5.74) is 2.52. The predicted molar refractivity (Wildman–Crippen MR) is 116 cm³/mol. The lowest BCUT2D eigenvalue weighted by Crippen LogP contribution is -2.42. The zero-order chi connectivity index (χ0) is 21.5. The maximum Gasteiger partial charge on any atom is 0.325 e. The number of aryl methyl sites for hydroxylation is 2. The minimum absolute atomic E-state index is 0.373. The molecule has 154 valence electrons. The van der Waals surface area contributed by atoms with Crippen molar-refractivity contribution in [2.45, 2.75) is 32.7 Å². The fourth-order valence-corrected chi connectivity index (χ4v) is 4.41. The lowest BCUT2D eigenvalue weighted by Gasteiger charge is -2.22. The molecule has 30 heavy (non-hydrogen) atoms. The van der Waals surface area contributed by atoms with Gasteiger partial charge in [-0.15, -0.1) is 0 Å². The van der Waals surface area contributed by atoms with Crippen LogP contribution in [0.2, 0.25) is 0 Å². The molecule has 1 saturated heterocycles. The number of benzene rings is 2. The third-order valence-corrected chi connectivity index (χ3v) is 6.25. The van der Waals surface area contributed by atoms with Gasteiger partial charge in [0, 0.05) is 0 Å². The first-order chi connectivity index (χ1) is 14.3. The second-order valence-electron chi connectivity index (χ2n) is 7.54. The molecule has 2 aromatic carbocycles. The lowest BCUT2D eigenvalue weighted by molar-refractivity contribution is -0.133. The van der Waals surface area contributed by atoms with Crippen LogP contribution in [0.25, 0.3) is 10.2 Å². The summed E-state index contributed by atoms with van der Waals surface area (Å²) < 4.78 is 0.978. The van der Waals surface area contributed by atoms with Gasteiger partial charge in [0.2, 0.25) is 5.91 Å². The first kappa shape index (κ1) is 20.0. The Kier molecular flexibility index (Phi) is 5.03. The number of fused-ring (bicyclic) bond motifs is 1. The molecule has 2 heterocycles. The van der Waals surface area contributed by atoms with Crippen molar-refractivity contribution in [3.8, 4) is 0 Å². The smallest absolute Gasteiger partial charge is 0.319 e. The number of amides is 4. The molecule has 7 nitrogen and oxygen atoms in total. The molecule has 1 unspecified atom stereocenters. The number of hydrogen-bond donors (Lipinski definition) is 2. The van der Waals surface area contributed by atoms with Gasteiger partial charge in [0.05, 0.1) is 10.2 Å². The van der Waals surface area contributed by atoms with E-state index < -0.39 is 23.4 Å². The van der Waals surface area contributed by atoms with Crippen LogP contribution in [0.1, 0.15) is 30.5 Å². The van der Waals surface area contributed by atoms with E-state index in [0.29, 0.717) is 10.7 Å². The quantitative estimate of drug-likeness (QED) is 0.615. The highest BCUT2D eigenvalue weighted by Gasteiger charge is 2.49. The summed E-state index contributed by atoms with van der Waals surface area (Å²) in [5, 5.41) is 5.86. The van der Waals surface area contributed by atoms with Crippen molar-refractivity contribution in [1.29, 1.82) is 0 Å². The Bertz CT molecular complexity index is 1150. The van der Waals surface area contributed by atoms with E-state index in [0.717, 1.165) is 27.1 Å². The fourth-order valence-electron chi connectivity index (χ4n) is 3.47. The number of hydrogen-bond acceptors (Lipinski definition) is 5. The van der Waals surface area contributed by atoms with Crippen LogP contribution in [0.3, 0.4) is 0 Å². The number of urea groups is 1. The summed E-state index contributed by atoms with van der Waals surface area (Å²) in [6.07, 6.45) is 0.918. The molecule has 1 fully saturated rings. The molecule has 1 atom stereocenters. The summed E-state index contributed by atoms with van der Waals surface area (Å²) in [6.45, 7) is 5.30. The van der Waals surface area contributed by atoms with E-state index in [1.54, 1.807) is 6.92 Å². The van der Waals surface area contributed by atoms with E-state index in [2.05, 4.69) is 22.5 Å². The largest absolute Gasteiger partial charge is 0.325 e. The second kappa shape index (κ2) is 7.53. The molecular weight excluding hydrogens is 400 g/mol. The van der Waals surface area contributed by atoms with Crippen molar-refractivity contribution in [2.75, 3.05) is 11.9 Å². The fraction of sp³-hybridized carbons (Fsp3) is 0.273. The number of thiazole rings is 1. The van der Waals surface area contributed by atoms with Crippen LogP contribution in [-0.2, 0) is 21.5 Å². The number of imide groups is 1. The van der Waals surface area contributed by atoms with E-state index in [4.69, 9.17) is 0 Å². The molecule has 0 bridgehead atoms. The molecule has 2 N–H and O–H groups in total. The maximum absolute atomic E-state index is 13.0. The van der Waals surface area contributed by atoms with Gasteiger partial charge < -0.3 is 10.6 Å². The molecule has 4 amide bonds. The van der Waals surface area contributed by atoms with Gasteiger partial charge in [-0.3, -0.25) is 14.5 Å². The Balaban J connectivity index is 1.48. The number of nitrogens with one attached hydrogen (secondary N) is 2. The van der Waals surface area contributed by atoms with Crippen LogP contribution in [0.4, 0.5) is 9.93 Å². The predicted octanol–water partition coefficient (Wildman–Crippen LogP) is 3.57. The monoisotopic (exact) mass is 422 g/mol. The van der Waals surface area contributed by atoms with Gasteiger partial charge >= 0.3 is 6.03 Å². The average molecular weight is 423 g/mol. The standard InChI is InChI=1S/C22H22N4O3S/c1-4-14-7-10-16-17(11-14)30-20(23-16)24-18(27)12-26-19(28)22(3,25-21(26)29)15-8-5-13(2)6-9-15/h5-11H,4,12H2,1-3H3,(H,25,29)(H,23,24,27). The van der Waals surface area contributed by atoms with Crippen molar-refractivity contribution in [3.63, 3.8) is 0 Å². The van der Waals surface area contributed by atoms with Crippen molar-refractivity contribution in [2.24, 2.45) is 0 Å². The molecule has 1 aliphatic heterocycles. The zero-order valence-electron chi connectivity index (χ0n) is 17.0. The Labute approximate surface area is 178 Å². The summed E-state index contributed by atoms with van der Waals surface area (Å²) in [5.74, 6) is -0.926. The minimum atomic E-state index is -1.20. The zero-order valence-corrected chi connectivity index (χ0v) is 17.8. The third kappa shape index (κ3) is 3.54. The van der Waals surface area contributed by atoms with Crippen LogP contribution < -0.4 is 10.6 Å². The molecule has 0 radical (unpaired) electrons. The van der Waals surface area contributed by atoms with Gasteiger partial charge in [-0.1, -0.05) is 54.2 Å². The number of anilines is 1. The molecule has 0 aliphatic carbocycles. The summed E-state index contributed by atoms with van der Waals surface area (Å²) in [4.78, 5) is 43.3. The minimum Gasteiger partial charge on any atom is -0.319 e. The summed E-state index contributed by atoms with van der Waals surface area (Å²) >= 11 is 1.37. The lowest BCUT2D eigenvalue weighted by atomic mass is 9.91.